The summed E-state index contributed by atoms with van der Waals surface area (Å²) in [7, 11) is 12.7. The number of carbonyl (C=O) groups excluding carboxylic acids is 12. The summed E-state index contributed by atoms with van der Waals surface area (Å²) >= 11 is 6.13. The Bertz CT molecular complexity index is 2980. The number of likely N-dealkylation sites (N-methyl/N-ethyl adjacent to an activating group) is 8. The van der Waals surface area contributed by atoms with Gasteiger partial charge in [0.1, 0.15) is 47.8 Å². The summed E-state index contributed by atoms with van der Waals surface area (Å²) in [4.78, 5) is 187. The predicted octanol–water partition coefficient (Wildman–Crippen LogP) is 4.96. The van der Waals surface area contributed by atoms with Gasteiger partial charge in [0.2, 0.25) is 70.9 Å². The lowest BCUT2D eigenvalue weighted by Gasteiger charge is -2.41. The van der Waals surface area contributed by atoms with Crippen molar-refractivity contribution in [3.63, 3.8) is 0 Å². The molecule has 5 rings (SSSR count). The molecular formula is C68H106ClF3N12O12. The summed E-state index contributed by atoms with van der Waals surface area (Å²) in [5, 5.41) is 8.04. The van der Waals surface area contributed by atoms with E-state index >= 15 is 14.4 Å². The first-order chi connectivity index (χ1) is 44.9. The third-order valence-electron chi connectivity index (χ3n) is 20.2. The van der Waals surface area contributed by atoms with Gasteiger partial charge in [0, 0.05) is 70.0 Å². The lowest BCUT2D eigenvalue weighted by atomic mass is 9.84. The van der Waals surface area contributed by atoms with Gasteiger partial charge >= 0.3 is 6.18 Å². The molecule has 28 heteroatoms. The van der Waals surface area contributed by atoms with Crippen molar-refractivity contribution in [2.75, 3.05) is 89.6 Å². The molecule has 1 aromatic carbocycles. The fraction of sp³-hybridized carbons (Fsp3) is 0.735. The number of amides is 12. The SMILES string of the molecule is CC[C@H](C)[C@@H]1NC(=O)[C@H](CC(C)C)N(C)C(=O)C[C@@H](C(=O)N(C)C)N(C)C(=O)[C@H]([C@@H](C)CC)N(C)C(=O)C2(CCCC2)NC(=O)[C@@H]2CCCN2C(=O)[C@H](CCc2ccc(C(F)(F)F)c(Cl)c2)NC(=O)CN(C)C(=O)[C@H](CC2CCCCC2)N(C)C(=O)CN(C)C(=O)CN(C)C1=O. The van der Waals surface area contributed by atoms with Gasteiger partial charge in [0.25, 0.3) is 0 Å². The van der Waals surface area contributed by atoms with E-state index in [1.54, 1.807) is 13.8 Å². The van der Waals surface area contributed by atoms with Crippen LogP contribution in [0.15, 0.2) is 18.2 Å². The molecule has 1 spiro atoms. The molecule has 0 bridgehead atoms. The van der Waals surface area contributed by atoms with Crippen LogP contribution < -0.4 is 16.0 Å². The van der Waals surface area contributed by atoms with Gasteiger partial charge in [-0.2, -0.15) is 13.2 Å². The molecular weight excluding hydrogens is 1270 g/mol. The van der Waals surface area contributed by atoms with Gasteiger partial charge in [-0.05, 0) is 92.7 Å². The summed E-state index contributed by atoms with van der Waals surface area (Å²) in [6.45, 7) is 9.17. The minimum Gasteiger partial charge on any atom is -0.347 e. The van der Waals surface area contributed by atoms with Crippen LogP contribution in [0, 0.1) is 23.7 Å². The zero-order valence-corrected chi connectivity index (χ0v) is 59.8. The minimum atomic E-state index is -4.76. The molecule has 96 heavy (non-hydrogen) atoms. The fourth-order valence-electron chi connectivity index (χ4n) is 13.7. The average Bonchev–Trinajstić information content (AvgIpc) is 1.28. The maximum Gasteiger partial charge on any atom is 0.417 e. The second-order valence-corrected chi connectivity index (χ2v) is 28.4. The zero-order valence-electron chi connectivity index (χ0n) is 59.1. The number of carbonyl (C=O) groups is 12. The predicted molar refractivity (Wildman–Crippen MR) is 355 cm³/mol. The molecule has 12 amide bonds. The number of halogens is 4. The van der Waals surface area contributed by atoms with Crippen molar-refractivity contribution in [1.82, 2.24) is 60.0 Å². The molecule has 2 saturated heterocycles. The van der Waals surface area contributed by atoms with Crippen LogP contribution in [0.4, 0.5) is 13.2 Å². The standard InChI is InChI=1S/C68H106ClF3N12O12/c1-16-42(5)57-64(94)79(11)39-55(87)77(9)40-56(88)81(13)51(36-44-24-19-18-20-25-44)63(93)78(10)38-53(85)73-48(30-28-45-27-29-46(47(69)35-45)68(70,71)72)61(91)84-33-23-26-49(84)60(90)75-67(31-21-22-32-67)66(96)83(15)58(43(6)17-2)65(95)82(14)52(62(92)76(7)8)37-54(86)80(12)50(34-41(3)4)59(89)74-57/h27,29,35,41-44,48-52,57-58H,16-26,28,30-34,36-40H2,1-15H3,(H,73,85)(H,74,89)(H,75,90)/t42-,43-,48-,49-,50-,51-,52-,57-,58-/m0/s1. The fourth-order valence-corrected chi connectivity index (χ4v) is 14.0. The van der Waals surface area contributed by atoms with Crippen LogP contribution in [0.1, 0.15) is 162 Å². The first-order valence-electron chi connectivity index (χ1n) is 34.0. The van der Waals surface area contributed by atoms with Crippen molar-refractivity contribution in [3.05, 3.63) is 34.3 Å². The van der Waals surface area contributed by atoms with E-state index < -0.39 is 173 Å². The zero-order chi connectivity index (χ0) is 72.0. The Hall–Kier alpha value is -7.06. The van der Waals surface area contributed by atoms with Gasteiger partial charge in [-0.3, -0.25) is 57.5 Å². The third kappa shape index (κ3) is 20.1. The second-order valence-electron chi connectivity index (χ2n) is 28.0. The van der Waals surface area contributed by atoms with Gasteiger partial charge in [-0.15, -0.1) is 0 Å². The maximum absolute atomic E-state index is 15.4. The molecule has 0 unspecified atom stereocenters. The van der Waals surface area contributed by atoms with Crippen LogP contribution in [-0.4, -0.2) is 252 Å². The highest BCUT2D eigenvalue weighted by Gasteiger charge is 2.51. The number of nitrogens with zero attached hydrogens (tertiary/aromatic N) is 9. The number of rotatable bonds is 12. The lowest BCUT2D eigenvalue weighted by molar-refractivity contribution is -0.156. The summed E-state index contributed by atoms with van der Waals surface area (Å²) in [6.07, 6.45) is 1.50. The van der Waals surface area contributed by atoms with Gasteiger partial charge in [0.15, 0.2) is 0 Å². The summed E-state index contributed by atoms with van der Waals surface area (Å²) in [5.74, 6) is -9.36. The first kappa shape index (κ1) is 79.6. The highest BCUT2D eigenvalue weighted by atomic mass is 35.5. The molecule has 9 atom stereocenters. The van der Waals surface area contributed by atoms with Gasteiger partial charge < -0.3 is 60.0 Å². The lowest BCUT2D eigenvalue weighted by Crippen LogP contribution is -2.65. The number of nitrogens with one attached hydrogen (secondary N) is 3. The van der Waals surface area contributed by atoms with Crippen molar-refractivity contribution < 1.29 is 70.7 Å². The molecule has 2 aliphatic carbocycles. The molecule has 4 aliphatic rings. The van der Waals surface area contributed by atoms with Gasteiger partial charge in [-0.1, -0.05) is 117 Å². The summed E-state index contributed by atoms with van der Waals surface area (Å²) in [5.41, 5.74) is -2.37. The Kier molecular flexibility index (Phi) is 29.0. The molecule has 0 aromatic heterocycles. The third-order valence-corrected chi connectivity index (χ3v) is 20.5. The highest BCUT2D eigenvalue weighted by molar-refractivity contribution is 6.31. The first-order valence-corrected chi connectivity index (χ1v) is 34.4. The van der Waals surface area contributed by atoms with Crippen molar-refractivity contribution in [3.8, 4) is 0 Å². The number of hydrogen-bond donors (Lipinski definition) is 3. The van der Waals surface area contributed by atoms with E-state index in [0.717, 1.165) is 63.8 Å². The molecule has 3 N–H and O–H groups in total. The smallest absolute Gasteiger partial charge is 0.347 e. The molecule has 2 aliphatic heterocycles. The van der Waals surface area contributed by atoms with E-state index in [9.17, 15) is 56.3 Å². The molecule has 0 radical (unpaired) electrons. The van der Waals surface area contributed by atoms with Crippen LogP contribution in [0.2, 0.25) is 5.02 Å². The number of aryl methyl sites for hydroxylation is 1. The van der Waals surface area contributed by atoms with Crippen molar-refractivity contribution >= 4 is 82.5 Å². The number of benzene rings is 1. The molecule has 2 saturated carbocycles. The summed E-state index contributed by atoms with van der Waals surface area (Å²) < 4.78 is 41.5. The monoisotopic (exact) mass is 1370 g/mol. The minimum absolute atomic E-state index is 0.0170. The van der Waals surface area contributed by atoms with E-state index in [-0.39, 0.29) is 63.3 Å². The van der Waals surface area contributed by atoms with Crippen molar-refractivity contribution in [2.45, 2.75) is 211 Å². The van der Waals surface area contributed by atoms with Crippen molar-refractivity contribution in [2.24, 2.45) is 23.7 Å². The Morgan fingerprint density at radius 1 is 0.656 bits per heavy atom. The van der Waals surface area contributed by atoms with E-state index in [1.165, 1.54) is 94.0 Å². The molecule has 2 heterocycles. The Labute approximate surface area is 569 Å². The largest absolute Gasteiger partial charge is 0.417 e. The van der Waals surface area contributed by atoms with Gasteiger partial charge in [-0.25, -0.2) is 0 Å². The van der Waals surface area contributed by atoms with E-state index in [0.29, 0.717) is 37.7 Å². The maximum atomic E-state index is 15.4. The van der Waals surface area contributed by atoms with Gasteiger partial charge in [0.05, 0.1) is 36.6 Å². The van der Waals surface area contributed by atoms with Crippen molar-refractivity contribution in [1.29, 1.82) is 0 Å². The normalized spacial score (nSPS) is 25.8. The molecule has 24 nitrogen and oxygen atoms in total. The van der Waals surface area contributed by atoms with E-state index in [4.69, 9.17) is 11.6 Å². The van der Waals surface area contributed by atoms with Crippen LogP contribution in [0.3, 0.4) is 0 Å². The quantitative estimate of drug-likeness (QED) is 0.251. The molecule has 4 fully saturated rings. The Morgan fingerprint density at radius 2 is 1.25 bits per heavy atom. The summed E-state index contributed by atoms with van der Waals surface area (Å²) in [6, 6.07) is -5.74. The highest BCUT2D eigenvalue weighted by Crippen LogP contribution is 2.37. The van der Waals surface area contributed by atoms with E-state index in [2.05, 4.69) is 16.0 Å². The second kappa shape index (κ2) is 34.9. The van der Waals surface area contributed by atoms with Crippen LogP contribution in [0.25, 0.3) is 0 Å². The van der Waals surface area contributed by atoms with E-state index in [1.807, 2.05) is 27.7 Å². The Morgan fingerprint density at radius 3 is 1.82 bits per heavy atom. The van der Waals surface area contributed by atoms with Crippen LogP contribution in [-0.2, 0) is 70.1 Å². The average molecular weight is 1380 g/mol. The van der Waals surface area contributed by atoms with Crippen LogP contribution >= 0.6 is 11.6 Å². The Balaban J connectivity index is 1.61. The molecule has 1 aromatic rings. The number of fused-ring (bicyclic) bond motifs is 1. The number of hydrogen-bond acceptors (Lipinski definition) is 12. The molecule has 538 valence electrons. The number of alkyl halides is 3. The topological polar surface area (TPSA) is 270 Å². The van der Waals surface area contributed by atoms with Crippen LogP contribution in [0.5, 0.6) is 0 Å².